The van der Waals surface area contributed by atoms with E-state index in [1.165, 1.54) is 0 Å². The number of methoxy groups -OCH3 is 2. The Bertz CT molecular complexity index is 420. The summed E-state index contributed by atoms with van der Waals surface area (Å²) in [6.45, 7) is 2.39. The number of benzene rings is 1. The number of carbonyl (C=O) groups is 1. The molecule has 0 atom stereocenters. The topological polar surface area (TPSA) is 38.8 Å². The highest BCUT2D eigenvalue weighted by Crippen LogP contribution is 2.21. The van der Waals surface area contributed by atoms with Gasteiger partial charge in [-0.3, -0.25) is 4.79 Å². The molecule has 0 radical (unpaired) electrons. The molecule has 0 spiro atoms. The Labute approximate surface area is 136 Å². The Morgan fingerprint density at radius 2 is 1.65 bits per heavy atom. The van der Waals surface area contributed by atoms with Crippen LogP contribution in [-0.2, 0) is 9.47 Å². The van der Waals surface area contributed by atoms with Crippen LogP contribution in [0.25, 0.3) is 0 Å². The molecule has 6 heteroatoms. The van der Waals surface area contributed by atoms with Crippen LogP contribution in [0.15, 0.2) is 27.1 Å². The molecule has 1 aromatic carbocycles. The van der Waals surface area contributed by atoms with Crippen LogP contribution >= 0.6 is 31.9 Å². The first-order chi connectivity index (χ1) is 9.58. The fourth-order valence-electron chi connectivity index (χ4n) is 1.78. The van der Waals surface area contributed by atoms with Crippen molar-refractivity contribution >= 4 is 37.8 Å². The van der Waals surface area contributed by atoms with E-state index < -0.39 is 0 Å². The first-order valence-electron chi connectivity index (χ1n) is 6.31. The van der Waals surface area contributed by atoms with Crippen molar-refractivity contribution in [3.8, 4) is 0 Å². The zero-order chi connectivity index (χ0) is 15.0. The van der Waals surface area contributed by atoms with E-state index in [0.29, 0.717) is 31.9 Å². The van der Waals surface area contributed by atoms with Gasteiger partial charge in [0.05, 0.1) is 6.61 Å². The SMILES string of the molecule is COCCCN(CCOC)C(=O)c1cc(Br)cc(Br)c1. The molecular weight excluding hydrogens is 390 g/mol. The minimum atomic E-state index is 0.000142. The number of rotatable bonds is 8. The quantitative estimate of drug-likeness (QED) is 0.619. The maximum absolute atomic E-state index is 12.5. The Balaban J connectivity index is 2.79. The molecule has 0 saturated carbocycles. The molecule has 0 aliphatic heterocycles. The zero-order valence-electron chi connectivity index (χ0n) is 11.7. The van der Waals surface area contributed by atoms with Crippen molar-refractivity contribution in [1.82, 2.24) is 4.90 Å². The maximum atomic E-state index is 12.5. The van der Waals surface area contributed by atoms with Crippen molar-refractivity contribution in [2.75, 3.05) is 40.5 Å². The van der Waals surface area contributed by atoms with Crippen LogP contribution in [0.4, 0.5) is 0 Å². The van der Waals surface area contributed by atoms with Crippen LogP contribution in [0.3, 0.4) is 0 Å². The molecule has 1 aromatic rings. The predicted molar refractivity (Wildman–Crippen MR) is 86.1 cm³/mol. The molecule has 0 aliphatic rings. The Kier molecular flexibility index (Phi) is 8.37. The van der Waals surface area contributed by atoms with Crippen LogP contribution < -0.4 is 0 Å². The Morgan fingerprint density at radius 3 is 2.20 bits per heavy atom. The lowest BCUT2D eigenvalue weighted by atomic mass is 10.2. The van der Waals surface area contributed by atoms with Gasteiger partial charge in [-0.1, -0.05) is 31.9 Å². The van der Waals surface area contributed by atoms with Crippen molar-refractivity contribution in [2.24, 2.45) is 0 Å². The second kappa shape index (κ2) is 9.50. The molecule has 4 nitrogen and oxygen atoms in total. The van der Waals surface area contributed by atoms with Crippen molar-refractivity contribution in [3.63, 3.8) is 0 Å². The lowest BCUT2D eigenvalue weighted by Gasteiger charge is -2.22. The van der Waals surface area contributed by atoms with Crippen molar-refractivity contribution < 1.29 is 14.3 Å². The molecule has 0 aliphatic carbocycles. The summed E-state index contributed by atoms with van der Waals surface area (Å²) in [5, 5.41) is 0. The number of ether oxygens (including phenoxy) is 2. The first kappa shape index (κ1) is 17.6. The van der Waals surface area contributed by atoms with Crippen LogP contribution in [0.2, 0.25) is 0 Å². The lowest BCUT2D eigenvalue weighted by molar-refractivity contribution is 0.0674. The van der Waals surface area contributed by atoms with E-state index in [1.54, 1.807) is 19.1 Å². The van der Waals surface area contributed by atoms with Crippen molar-refractivity contribution in [2.45, 2.75) is 6.42 Å². The largest absolute Gasteiger partial charge is 0.385 e. The van der Waals surface area contributed by atoms with Gasteiger partial charge in [0.25, 0.3) is 5.91 Å². The van der Waals surface area contributed by atoms with Crippen LogP contribution in [0.5, 0.6) is 0 Å². The predicted octanol–water partition coefficient (Wildman–Crippen LogP) is 3.34. The summed E-state index contributed by atoms with van der Waals surface area (Å²) < 4.78 is 11.9. The van der Waals surface area contributed by atoms with Gasteiger partial charge >= 0.3 is 0 Å². The fourth-order valence-corrected chi connectivity index (χ4v) is 3.07. The van der Waals surface area contributed by atoms with E-state index in [9.17, 15) is 4.79 Å². The molecule has 0 bridgehead atoms. The Hall–Kier alpha value is -0.430. The van der Waals surface area contributed by atoms with Gasteiger partial charge in [0.15, 0.2) is 0 Å². The highest BCUT2D eigenvalue weighted by molar-refractivity contribution is 9.11. The van der Waals surface area contributed by atoms with E-state index in [4.69, 9.17) is 9.47 Å². The molecule has 20 heavy (non-hydrogen) atoms. The van der Waals surface area contributed by atoms with Gasteiger partial charge in [0.2, 0.25) is 0 Å². The summed E-state index contributed by atoms with van der Waals surface area (Å²) in [6, 6.07) is 5.55. The molecule has 0 unspecified atom stereocenters. The van der Waals surface area contributed by atoms with Crippen LogP contribution in [-0.4, -0.2) is 51.3 Å². The average Bonchev–Trinajstić information content (AvgIpc) is 2.41. The minimum Gasteiger partial charge on any atom is -0.385 e. The van der Waals surface area contributed by atoms with E-state index in [-0.39, 0.29) is 5.91 Å². The van der Waals surface area contributed by atoms with Gasteiger partial charge in [-0.15, -0.1) is 0 Å². The number of halogens is 2. The second-order valence-electron chi connectivity index (χ2n) is 4.29. The van der Waals surface area contributed by atoms with E-state index in [1.807, 2.05) is 18.2 Å². The summed E-state index contributed by atoms with van der Waals surface area (Å²) in [5.41, 5.74) is 0.653. The monoisotopic (exact) mass is 407 g/mol. The van der Waals surface area contributed by atoms with E-state index in [0.717, 1.165) is 15.4 Å². The lowest BCUT2D eigenvalue weighted by Crippen LogP contribution is -2.35. The third-order valence-electron chi connectivity index (χ3n) is 2.74. The van der Waals surface area contributed by atoms with Gasteiger partial charge in [-0.25, -0.2) is 0 Å². The highest BCUT2D eigenvalue weighted by Gasteiger charge is 2.16. The number of hydrogen-bond acceptors (Lipinski definition) is 3. The van der Waals surface area contributed by atoms with E-state index >= 15 is 0 Å². The third kappa shape index (κ3) is 5.91. The van der Waals surface area contributed by atoms with Gasteiger partial charge in [-0.05, 0) is 24.6 Å². The summed E-state index contributed by atoms with van der Waals surface area (Å²) in [5.74, 6) is 0.000142. The molecule has 0 saturated heterocycles. The van der Waals surface area contributed by atoms with Gasteiger partial charge in [-0.2, -0.15) is 0 Å². The van der Waals surface area contributed by atoms with Crippen molar-refractivity contribution in [3.05, 3.63) is 32.7 Å². The number of hydrogen-bond donors (Lipinski definition) is 0. The van der Waals surface area contributed by atoms with Crippen LogP contribution in [0.1, 0.15) is 16.8 Å². The maximum Gasteiger partial charge on any atom is 0.254 e. The van der Waals surface area contributed by atoms with Gasteiger partial charge in [0.1, 0.15) is 0 Å². The van der Waals surface area contributed by atoms with Gasteiger partial charge in [0, 0.05) is 48.4 Å². The molecule has 0 heterocycles. The molecule has 0 aromatic heterocycles. The minimum absolute atomic E-state index is 0.000142. The molecule has 1 rings (SSSR count). The molecule has 0 fully saturated rings. The highest BCUT2D eigenvalue weighted by atomic mass is 79.9. The summed E-state index contributed by atoms with van der Waals surface area (Å²) in [4.78, 5) is 14.3. The standard InChI is InChI=1S/C14H19Br2NO3/c1-19-6-3-4-17(5-7-20-2)14(18)11-8-12(15)10-13(16)9-11/h8-10H,3-7H2,1-2H3. The molecule has 1 amide bonds. The number of nitrogens with zero attached hydrogens (tertiary/aromatic N) is 1. The smallest absolute Gasteiger partial charge is 0.254 e. The second-order valence-corrected chi connectivity index (χ2v) is 6.12. The van der Waals surface area contributed by atoms with Crippen LogP contribution in [0, 0.1) is 0 Å². The summed E-state index contributed by atoms with van der Waals surface area (Å²) in [7, 11) is 3.29. The summed E-state index contributed by atoms with van der Waals surface area (Å²) >= 11 is 6.80. The van der Waals surface area contributed by atoms with Gasteiger partial charge < -0.3 is 14.4 Å². The average molecular weight is 409 g/mol. The Morgan fingerprint density at radius 1 is 1.05 bits per heavy atom. The number of amides is 1. The van der Waals surface area contributed by atoms with Crippen molar-refractivity contribution in [1.29, 1.82) is 0 Å². The number of carbonyl (C=O) groups excluding carboxylic acids is 1. The normalized spacial score (nSPS) is 10.6. The van der Waals surface area contributed by atoms with E-state index in [2.05, 4.69) is 31.9 Å². The molecule has 0 N–H and O–H groups in total. The molecular formula is C14H19Br2NO3. The fraction of sp³-hybridized carbons (Fsp3) is 0.500. The third-order valence-corrected chi connectivity index (χ3v) is 3.65. The molecule has 112 valence electrons. The zero-order valence-corrected chi connectivity index (χ0v) is 14.9. The summed E-state index contributed by atoms with van der Waals surface area (Å²) in [6.07, 6.45) is 0.807. The first-order valence-corrected chi connectivity index (χ1v) is 7.90.